The van der Waals surface area contributed by atoms with Gasteiger partial charge in [-0.25, -0.2) is 9.55 Å². The highest BCUT2D eigenvalue weighted by molar-refractivity contribution is 6.42. The first-order valence-corrected chi connectivity index (χ1v) is 14.8. The van der Waals surface area contributed by atoms with Gasteiger partial charge in [-0.1, -0.05) is 29.3 Å². The summed E-state index contributed by atoms with van der Waals surface area (Å²) in [5.41, 5.74) is 4.34. The molecule has 0 radical (unpaired) electrons. The molecule has 0 aliphatic carbocycles. The highest BCUT2D eigenvalue weighted by Crippen LogP contribution is 2.29. The fourth-order valence-electron chi connectivity index (χ4n) is 5.47. The number of fused-ring (bicyclic) bond motifs is 2. The predicted molar refractivity (Wildman–Crippen MR) is 172 cm³/mol. The zero-order chi connectivity index (χ0) is 31.1. The summed E-state index contributed by atoms with van der Waals surface area (Å²) in [6.45, 7) is 5.48. The van der Waals surface area contributed by atoms with Crippen LogP contribution in [0.1, 0.15) is 54.0 Å². The zero-order valence-electron chi connectivity index (χ0n) is 24.2. The van der Waals surface area contributed by atoms with E-state index in [1.54, 1.807) is 58.1 Å². The summed E-state index contributed by atoms with van der Waals surface area (Å²) < 4.78 is 1.55. The lowest BCUT2D eigenvalue weighted by molar-refractivity contribution is -0.114. The molecule has 2 amide bonds. The van der Waals surface area contributed by atoms with E-state index >= 15 is 0 Å². The Kier molecular flexibility index (Phi) is 7.87. The molecular weight excluding hydrogens is 601 g/mol. The van der Waals surface area contributed by atoms with Crippen LogP contribution in [-0.2, 0) is 17.8 Å². The molecule has 0 fully saturated rings. The topological polar surface area (TPSA) is 125 Å². The van der Waals surface area contributed by atoms with Crippen LogP contribution >= 0.6 is 23.2 Å². The van der Waals surface area contributed by atoms with Crippen molar-refractivity contribution in [3.8, 4) is 5.69 Å². The van der Waals surface area contributed by atoms with Crippen LogP contribution in [0.25, 0.3) is 16.6 Å². The van der Waals surface area contributed by atoms with Gasteiger partial charge in [0.2, 0.25) is 11.9 Å². The molecule has 3 heterocycles. The third-order valence-electron chi connectivity index (χ3n) is 7.80. The molecule has 1 aliphatic rings. The van der Waals surface area contributed by atoms with Gasteiger partial charge in [0.05, 0.1) is 45.7 Å². The minimum absolute atomic E-state index is 0.150. The zero-order valence-corrected chi connectivity index (χ0v) is 25.7. The number of anilines is 2. The van der Waals surface area contributed by atoms with Crippen molar-refractivity contribution in [1.29, 1.82) is 0 Å². The van der Waals surface area contributed by atoms with Gasteiger partial charge in [-0.15, -0.1) is 0 Å². The Bertz CT molecular complexity index is 1970. The molecule has 10 nitrogen and oxygen atoms in total. The minimum Gasteiger partial charge on any atom is -0.349 e. The second-order valence-electron chi connectivity index (χ2n) is 10.9. The quantitative estimate of drug-likeness (QED) is 0.207. The lowest BCUT2D eigenvalue weighted by Crippen LogP contribution is -2.46. The van der Waals surface area contributed by atoms with Gasteiger partial charge in [0.25, 0.3) is 11.5 Å². The molecule has 44 heavy (non-hydrogen) atoms. The molecule has 5 aromatic rings. The van der Waals surface area contributed by atoms with Crippen molar-refractivity contribution >= 4 is 57.6 Å². The van der Waals surface area contributed by atoms with Gasteiger partial charge in [-0.3, -0.25) is 19.5 Å². The maximum Gasteiger partial charge on any atom is 0.263 e. The largest absolute Gasteiger partial charge is 0.349 e. The average molecular weight is 631 g/mol. The maximum atomic E-state index is 14.2. The number of benzene rings is 3. The van der Waals surface area contributed by atoms with E-state index in [0.29, 0.717) is 50.6 Å². The van der Waals surface area contributed by atoms with Gasteiger partial charge >= 0.3 is 0 Å². The summed E-state index contributed by atoms with van der Waals surface area (Å²) in [5, 5.41) is 14.9. The second kappa shape index (κ2) is 11.8. The maximum absolute atomic E-state index is 14.2. The highest BCUT2D eigenvalue weighted by Gasteiger charge is 2.32. The molecule has 0 saturated carbocycles. The number of hydrogen-bond donors (Lipinski definition) is 3. The second-order valence-corrected chi connectivity index (χ2v) is 11.7. The first kappa shape index (κ1) is 29.4. The standard InChI is InChI=1S/C32H29Cl2N7O3/c1-17-12-25-29(16-40(17)30(43)21-4-10-26(33)27(34)14-21)38-32(36-18(2)20-5-11-28-22(13-20)15-35-39-28)41(31(25)44)24-8-6-23(7-9-24)37-19(3)42/h4-11,13-15,17-18H,12,16H2,1-3H3,(H,35,39)(H,36,38)(H,37,42)/t17-,18-/m1/s1. The Balaban J connectivity index is 1.41. The van der Waals surface area contributed by atoms with Crippen molar-refractivity contribution in [2.45, 2.75) is 45.8 Å². The number of aromatic amines is 1. The molecule has 3 N–H and O–H groups in total. The monoisotopic (exact) mass is 629 g/mol. The van der Waals surface area contributed by atoms with E-state index in [1.807, 2.05) is 32.0 Å². The third-order valence-corrected chi connectivity index (χ3v) is 8.54. The number of hydrogen-bond acceptors (Lipinski definition) is 6. The summed E-state index contributed by atoms with van der Waals surface area (Å²) in [6.07, 6.45) is 2.08. The Morgan fingerprint density at radius 2 is 1.82 bits per heavy atom. The van der Waals surface area contributed by atoms with Crippen LogP contribution in [0, 0.1) is 0 Å². The number of amides is 2. The Labute approximate surface area is 263 Å². The molecule has 224 valence electrons. The van der Waals surface area contributed by atoms with E-state index in [2.05, 4.69) is 20.8 Å². The molecule has 0 unspecified atom stereocenters. The Hall–Kier alpha value is -4.67. The first-order valence-electron chi connectivity index (χ1n) is 14.1. The Morgan fingerprint density at radius 1 is 1.05 bits per heavy atom. The van der Waals surface area contributed by atoms with Crippen LogP contribution in [0.4, 0.5) is 11.6 Å². The van der Waals surface area contributed by atoms with Gasteiger partial charge in [0.15, 0.2) is 0 Å². The van der Waals surface area contributed by atoms with Crippen molar-refractivity contribution in [3.05, 3.63) is 110 Å². The molecular formula is C32H29Cl2N7O3. The molecule has 12 heteroatoms. The lowest BCUT2D eigenvalue weighted by atomic mass is 9.98. The van der Waals surface area contributed by atoms with Crippen LogP contribution in [0.2, 0.25) is 10.0 Å². The van der Waals surface area contributed by atoms with Gasteiger partial charge in [-0.2, -0.15) is 5.10 Å². The summed E-state index contributed by atoms with van der Waals surface area (Å²) in [7, 11) is 0. The van der Waals surface area contributed by atoms with E-state index in [-0.39, 0.29) is 36.0 Å². The van der Waals surface area contributed by atoms with Crippen LogP contribution in [0.15, 0.2) is 71.7 Å². The highest BCUT2D eigenvalue weighted by atomic mass is 35.5. The predicted octanol–water partition coefficient (Wildman–Crippen LogP) is 6.13. The summed E-state index contributed by atoms with van der Waals surface area (Å²) in [5.74, 6) is -0.0834. The lowest BCUT2D eigenvalue weighted by Gasteiger charge is -2.35. The van der Waals surface area contributed by atoms with Crippen LogP contribution in [-0.4, -0.2) is 42.5 Å². The number of carbonyl (C=O) groups excluding carboxylic acids is 2. The molecule has 0 saturated heterocycles. The minimum atomic E-state index is -0.269. The number of nitrogens with one attached hydrogen (secondary N) is 3. The number of aromatic nitrogens is 4. The molecule has 0 bridgehead atoms. The number of H-pyrrole nitrogens is 1. The van der Waals surface area contributed by atoms with Crippen molar-refractivity contribution in [3.63, 3.8) is 0 Å². The fourth-order valence-corrected chi connectivity index (χ4v) is 5.76. The average Bonchev–Trinajstić information content (AvgIpc) is 3.47. The molecule has 0 spiro atoms. The van der Waals surface area contributed by atoms with Crippen molar-refractivity contribution in [2.24, 2.45) is 0 Å². The van der Waals surface area contributed by atoms with E-state index in [1.165, 1.54) is 6.92 Å². The van der Waals surface area contributed by atoms with E-state index in [9.17, 15) is 14.4 Å². The molecule has 6 rings (SSSR count). The van der Waals surface area contributed by atoms with Crippen LogP contribution in [0.5, 0.6) is 0 Å². The number of halogens is 2. The van der Waals surface area contributed by atoms with E-state index in [0.717, 1.165) is 16.5 Å². The summed E-state index contributed by atoms with van der Waals surface area (Å²) >= 11 is 12.3. The summed E-state index contributed by atoms with van der Waals surface area (Å²) in [4.78, 5) is 46.0. The van der Waals surface area contributed by atoms with Gasteiger partial charge < -0.3 is 15.5 Å². The molecule has 2 aromatic heterocycles. The van der Waals surface area contributed by atoms with Crippen LogP contribution < -0.4 is 16.2 Å². The number of rotatable bonds is 6. The third kappa shape index (κ3) is 5.66. The van der Waals surface area contributed by atoms with E-state index in [4.69, 9.17) is 28.2 Å². The molecule has 3 aromatic carbocycles. The smallest absolute Gasteiger partial charge is 0.263 e. The van der Waals surface area contributed by atoms with E-state index < -0.39 is 0 Å². The van der Waals surface area contributed by atoms with Gasteiger partial charge in [0.1, 0.15) is 0 Å². The molecule has 2 atom stereocenters. The van der Waals surface area contributed by atoms with Crippen molar-refractivity contribution in [2.75, 3.05) is 10.6 Å². The number of carbonyl (C=O) groups is 2. The van der Waals surface area contributed by atoms with Crippen LogP contribution in [0.3, 0.4) is 0 Å². The van der Waals surface area contributed by atoms with Crippen molar-refractivity contribution < 1.29 is 9.59 Å². The SMILES string of the molecule is CC(=O)Nc1ccc(-n2c(N[C@H](C)c3ccc4[nH]ncc4c3)nc3c(c2=O)C[C@@H](C)N(C(=O)c2ccc(Cl)c(Cl)c2)C3)cc1. The first-order chi connectivity index (χ1) is 21.1. The van der Waals surface area contributed by atoms with Crippen molar-refractivity contribution in [1.82, 2.24) is 24.6 Å². The Morgan fingerprint density at radius 3 is 2.55 bits per heavy atom. The summed E-state index contributed by atoms with van der Waals surface area (Å²) in [6, 6.07) is 17.3. The normalized spacial score (nSPS) is 15.1. The molecule has 1 aliphatic heterocycles. The fraction of sp³-hybridized carbons (Fsp3) is 0.219. The van der Waals surface area contributed by atoms with Gasteiger partial charge in [0, 0.05) is 35.2 Å². The van der Waals surface area contributed by atoms with Gasteiger partial charge in [-0.05, 0) is 80.4 Å². The number of nitrogens with zero attached hydrogens (tertiary/aromatic N) is 4.